The molecule has 0 aliphatic heterocycles. The fourth-order valence-corrected chi connectivity index (χ4v) is 6.24. The highest BCUT2D eigenvalue weighted by Gasteiger charge is 2.58. The minimum absolute atomic E-state index is 0.155. The number of halogens is 1. The van der Waals surface area contributed by atoms with E-state index in [0.717, 1.165) is 38.7 Å². The predicted octanol–water partition coefficient (Wildman–Crippen LogP) is 5.47. The molecule has 4 aromatic rings. The van der Waals surface area contributed by atoms with Crippen LogP contribution in [0.5, 0.6) is 0 Å². The second kappa shape index (κ2) is 7.64. The topological polar surface area (TPSA) is 94.5 Å². The van der Waals surface area contributed by atoms with Crippen molar-refractivity contribution in [2.24, 2.45) is 0 Å². The van der Waals surface area contributed by atoms with Gasteiger partial charge >= 0.3 is 0 Å². The summed E-state index contributed by atoms with van der Waals surface area (Å²) >= 11 is 3.47. The molecular weight excluding hydrogens is 490 g/mol. The number of fused-ring (bicyclic) bond motifs is 1. The number of nitrogens with zero attached hydrogens (tertiary/aromatic N) is 3. The second-order valence-electron chi connectivity index (χ2n) is 8.89. The van der Waals surface area contributed by atoms with Gasteiger partial charge in [0.05, 0.1) is 11.5 Å². The van der Waals surface area contributed by atoms with E-state index in [0.29, 0.717) is 18.7 Å². The van der Waals surface area contributed by atoms with Gasteiger partial charge in [-0.15, -0.1) is 5.10 Å². The molecule has 0 spiro atoms. The van der Waals surface area contributed by atoms with Crippen molar-refractivity contribution in [3.8, 4) is 17.5 Å². The molecule has 0 fully saturated rings. The smallest absolute Gasteiger partial charge is 0.249 e. The zero-order valence-corrected chi connectivity index (χ0v) is 19.8. The molecule has 7 heteroatoms. The van der Waals surface area contributed by atoms with Gasteiger partial charge in [-0.3, -0.25) is 15.2 Å². The molecule has 0 unspecified atom stereocenters. The molecule has 0 radical (unpaired) electrons. The SMILES string of the molecule is N#CCC12CCC(C(=O)Nc3n[nH]c(-c4cccc(Br)c4)n3)(c3ccccc31)c1ccccc12. The maximum absolute atomic E-state index is 14.1. The van der Waals surface area contributed by atoms with Crippen LogP contribution in [-0.4, -0.2) is 21.1 Å². The number of carbonyl (C=O) groups is 1. The maximum Gasteiger partial charge on any atom is 0.249 e. The summed E-state index contributed by atoms with van der Waals surface area (Å²) in [6.45, 7) is 0. The molecule has 1 amide bonds. The molecule has 7 rings (SSSR count). The Balaban J connectivity index is 1.44. The van der Waals surface area contributed by atoms with Gasteiger partial charge in [0.25, 0.3) is 0 Å². The normalized spacial score (nSPS) is 21.9. The minimum Gasteiger partial charge on any atom is -0.292 e. The largest absolute Gasteiger partial charge is 0.292 e. The first-order chi connectivity index (χ1) is 16.6. The number of anilines is 1. The van der Waals surface area contributed by atoms with E-state index in [1.807, 2.05) is 60.7 Å². The monoisotopic (exact) mass is 509 g/mol. The molecule has 166 valence electrons. The number of aromatic amines is 1. The third-order valence-electron chi connectivity index (χ3n) is 7.31. The molecule has 0 saturated carbocycles. The summed E-state index contributed by atoms with van der Waals surface area (Å²) in [6.07, 6.45) is 1.74. The number of benzene rings is 3. The van der Waals surface area contributed by atoms with Crippen LogP contribution in [0.3, 0.4) is 0 Å². The molecular formula is C27H20BrN5O. The quantitative estimate of drug-likeness (QED) is 0.381. The Morgan fingerprint density at radius 3 is 2.32 bits per heavy atom. The molecule has 6 nitrogen and oxygen atoms in total. The Kier molecular flexibility index (Phi) is 4.68. The number of hydrogen-bond acceptors (Lipinski definition) is 4. The van der Waals surface area contributed by atoms with Gasteiger partial charge in [0.2, 0.25) is 11.9 Å². The average molecular weight is 510 g/mol. The van der Waals surface area contributed by atoms with Crippen LogP contribution in [0, 0.1) is 11.3 Å². The van der Waals surface area contributed by atoms with Gasteiger partial charge in [0.15, 0.2) is 5.82 Å². The Morgan fingerprint density at radius 1 is 1.00 bits per heavy atom. The van der Waals surface area contributed by atoms with Crippen molar-refractivity contribution in [1.82, 2.24) is 15.2 Å². The standard InChI is InChI=1S/C27H20BrN5O/c28-18-7-5-6-17(16-18)23-30-25(33-32-23)31-24(34)27-13-12-26(14-15-29,19-8-1-3-10-21(19)27)20-9-2-4-11-22(20)27/h1-11,16H,12-14H2,(H2,30,31,32,33,34). The molecule has 0 atom stereocenters. The second-order valence-corrected chi connectivity index (χ2v) is 9.80. The van der Waals surface area contributed by atoms with Gasteiger partial charge in [-0.25, -0.2) is 0 Å². The highest BCUT2D eigenvalue weighted by molar-refractivity contribution is 9.10. The van der Waals surface area contributed by atoms with Crippen LogP contribution < -0.4 is 5.32 Å². The molecule has 2 bridgehead atoms. The van der Waals surface area contributed by atoms with E-state index in [4.69, 9.17) is 0 Å². The number of amides is 1. The third kappa shape index (κ3) is 2.82. The lowest BCUT2D eigenvalue weighted by Gasteiger charge is -2.53. The van der Waals surface area contributed by atoms with Gasteiger partial charge in [0.1, 0.15) is 0 Å². The van der Waals surface area contributed by atoms with Crippen molar-refractivity contribution < 1.29 is 4.79 Å². The Labute approximate surface area is 205 Å². The summed E-state index contributed by atoms with van der Waals surface area (Å²) in [5, 5.41) is 19.9. The molecule has 2 N–H and O–H groups in total. The van der Waals surface area contributed by atoms with Crippen LogP contribution in [-0.2, 0) is 15.6 Å². The number of H-pyrrole nitrogens is 1. The van der Waals surface area contributed by atoms with Gasteiger partial charge < -0.3 is 0 Å². The van der Waals surface area contributed by atoms with Crippen LogP contribution in [0.4, 0.5) is 5.95 Å². The molecule has 3 aliphatic rings. The lowest BCUT2D eigenvalue weighted by molar-refractivity contribution is -0.121. The fraction of sp³-hybridized carbons (Fsp3) is 0.185. The minimum atomic E-state index is -0.860. The Bertz CT molecular complexity index is 1440. The van der Waals surface area contributed by atoms with Gasteiger partial charge in [-0.05, 0) is 47.2 Å². The van der Waals surface area contributed by atoms with Crippen molar-refractivity contribution in [2.45, 2.75) is 30.1 Å². The molecule has 1 aromatic heterocycles. The van der Waals surface area contributed by atoms with Crippen molar-refractivity contribution in [2.75, 3.05) is 5.32 Å². The van der Waals surface area contributed by atoms with Gasteiger partial charge in [-0.1, -0.05) is 76.6 Å². The van der Waals surface area contributed by atoms with Crippen molar-refractivity contribution in [3.05, 3.63) is 99.5 Å². The average Bonchev–Trinajstić information content (AvgIpc) is 3.33. The molecule has 34 heavy (non-hydrogen) atoms. The highest BCUT2D eigenvalue weighted by Crippen LogP contribution is 2.60. The maximum atomic E-state index is 14.1. The summed E-state index contributed by atoms with van der Waals surface area (Å²) in [4.78, 5) is 18.6. The van der Waals surface area contributed by atoms with Crippen molar-refractivity contribution >= 4 is 27.8 Å². The van der Waals surface area contributed by atoms with Gasteiger partial charge in [-0.2, -0.15) is 10.2 Å². The zero-order valence-electron chi connectivity index (χ0n) is 18.2. The summed E-state index contributed by atoms with van der Waals surface area (Å²) in [6, 6.07) is 26.3. The number of rotatable bonds is 4. The van der Waals surface area contributed by atoms with Crippen LogP contribution in [0.15, 0.2) is 77.3 Å². The number of carbonyl (C=O) groups excluding carboxylic acids is 1. The fourth-order valence-electron chi connectivity index (χ4n) is 5.84. The summed E-state index contributed by atoms with van der Waals surface area (Å²) in [5.74, 6) is 0.663. The van der Waals surface area contributed by atoms with Crippen LogP contribution >= 0.6 is 15.9 Å². The lowest BCUT2D eigenvalue weighted by Crippen LogP contribution is -2.54. The number of aromatic nitrogens is 3. The molecule has 0 saturated heterocycles. The molecule has 3 aromatic carbocycles. The van der Waals surface area contributed by atoms with Crippen molar-refractivity contribution in [3.63, 3.8) is 0 Å². The van der Waals surface area contributed by atoms with E-state index < -0.39 is 5.41 Å². The van der Waals surface area contributed by atoms with Gasteiger partial charge in [0, 0.05) is 21.9 Å². The first-order valence-corrected chi connectivity index (χ1v) is 11.9. The van der Waals surface area contributed by atoms with Crippen LogP contribution in [0.25, 0.3) is 11.4 Å². The zero-order chi connectivity index (χ0) is 23.3. The van der Waals surface area contributed by atoms with E-state index in [-0.39, 0.29) is 17.3 Å². The number of nitrogens with one attached hydrogen (secondary N) is 2. The molecule has 3 aliphatic carbocycles. The van der Waals surface area contributed by atoms with E-state index in [1.165, 1.54) is 0 Å². The predicted molar refractivity (Wildman–Crippen MR) is 132 cm³/mol. The van der Waals surface area contributed by atoms with E-state index in [9.17, 15) is 10.1 Å². The summed E-state index contributed by atoms with van der Waals surface area (Å²) in [7, 11) is 0. The summed E-state index contributed by atoms with van der Waals surface area (Å²) < 4.78 is 0.935. The number of hydrogen-bond donors (Lipinski definition) is 2. The summed E-state index contributed by atoms with van der Waals surface area (Å²) in [5.41, 5.74) is 3.70. The third-order valence-corrected chi connectivity index (χ3v) is 7.80. The van der Waals surface area contributed by atoms with E-state index >= 15 is 0 Å². The number of nitriles is 1. The first-order valence-electron chi connectivity index (χ1n) is 11.2. The Hall–Kier alpha value is -3.76. The lowest BCUT2D eigenvalue weighted by atomic mass is 9.48. The van der Waals surface area contributed by atoms with Crippen LogP contribution in [0.1, 0.15) is 41.5 Å². The van der Waals surface area contributed by atoms with E-state index in [1.54, 1.807) is 0 Å². The first kappa shape index (κ1) is 20.8. The Morgan fingerprint density at radius 2 is 1.68 bits per heavy atom. The van der Waals surface area contributed by atoms with Crippen molar-refractivity contribution in [1.29, 1.82) is 5.26 Å². The van der Waals surface area contributed by atoms with Crippen LogP contribution in [0.2, 0.25) is 0 Å². The molecule has 1 heterocycles. The highest BCUT2D eigenvalue weighted by atomic mass is 79.9. The van der Waals surface area contributed by atoms with E-state index in [2.05, 4.69) is 54.6 Å².